The summed E-state index contributed by atoms with van der Waals surface area (Å²) in [5.41, 5.74) is 5.08. The van der Waals surface area contributed by atoms with Crippen molar-refractivity contribution in [1.29, 1.82) is 0 Å². The topological polar surface area (TPSA) is 84.5 Å². The molecule has 0 fully saturated rings. The summed E-state index contributed by atoms with van der Waals surface area (Å²) in [6, 6.07) is 15.8. The first-order valence-corrected chi connectivity index (χ1v) is 9.57. The molecule has 2 aromatic carbocycles. The van der Waals surface area contributed by atoms with E-state index in [4.69, 9.17) is 0 Å². The standard InChI is InChI=1S/C19H22N2O4S/c1-15-11-13-17(14-12-15)26(23,24)21-20-18(9-6-10-19(22)25-2)16-7-4-3-5-8-16/h3-5,7-9,11-14,20-21H,6,10H2,1-2H3/b18-9-. The number of carbonyl (C=O) groups excluding carboxylic acids is 1. The Bertz CT molecular complexity index is 860. The summed E-state index contributed by atoms with van der Waals surface area (Å²) in [5, 5.41) is 0. The van der Waals surface area contributed by atoms with E-state index in [1.807, 2.05) is 37.3 Å². The molecule has 2 N–H and O–H groups in total. The largest absolute Gasteiger partial charge is 0.469 e. The number of hydrogen-bond donors (Lipinski definition) is 2. The average Bonchev–Trinajstić information content (AvgIpc) is 2.65. The molecule has 0 aromatic heterocycles. The molecule has 2 rings (SSSR count). The second kappa shape index (κ2) is 9.17. The Hall–Kier alpha value is -2.64. The number of aryl methyl sites for hydroxylation is 1. The number of hydrazine groups is 1. The van der Waals surface area contributed by atoms with Crippen LogP contribution in [-0.2, 0) is 19.6 Å². The van der Waals surface area contributed by atoms with Crippen molar-refractivity contribution in [1.82, 2.24) is 10.3 Å². The highest BCUT2D eigenvalue weighted by atomic mass is 32.2. The first-order valence-electron chi connectivity index (χ1n) is 8.09. The minimum absolute atomic E-state index is 0.164. The van der Waals surface area contributed by atoms with Gasteiger partial charge in [0.25, 0.3) is 10.0 Å². The van der Waals surface area contributed by atoms with Gasteiger partial charge in [-0.25, -0.2) is 8.42 Å². The fraction of sp³-hybridized carbons (Fsp3) is 0.211. The predicted molar refractivity (Wildman–Crippen MR) is 100 cm³/mol. The molecule has 0 bridgehead atoms. The van der Waals surface area contributed by atoms with Crippen molar-refractivity contribution in [3.8, 4) is 0 Å². The van der Waals surface area contributed by atoms with Crippen molar-refractivity contribution in [2.75, 3.05) is 7.11 Å². The maximum Gasteiger partial charge on any atom is 0.305 e. The Kier molecular flexibility index (Phi) is 6.94. The van der Waals surface area contributed by atoms with E-state index in [0.29, 0.717) is 12.1 Å². The highest BCUT2D eigenvalue weighted by Crippen LogP contribution is 2.14. The number of carbonyl (C=O) groups is 1. The fourth-order valence-electron chi connectivity index (χ4n) is 2.19. The SMILES string of the molecule is COC(=O)CC/C=C(\NNS(=O)(=O)c1ccc(C)cc1)c1ccccc1. The smallest absolute Gasteiger partial charge is 0.305 e. The Morgan fingerprint density at radius 1 is 1.08 bits per heavy atom. The van der Waals surface area contributed by atoms with Crippen LogP contribution in [0.2, 0.25) is 0 Å². The van der Waals surface area contributed by atoms with E-state index in [9.17, 15) is 13.2 Å². The van der Waals surface area contributed by atoms with Gasteiger partial charge in [-0.15, -0.1) is 4.83 Å². The van der Waals surface area contributed by atoms with Crippen molar-refractivity contribution in [2.24, 2.45) is 0 Å². The lowest BCUT2D eigenvalue weighted by molar-refractivity contribution is -0.140. The molecule has 0 atom stereocenters. The van der Waals surface area contributed by atoms with E-state index in [1.54, 1.807) is 30.3 Å². The van der Waals surface area contributed by atoms with Crippen LogP contribution in [-0.4, -0.2) is 21.5 Å². The number of ether oxygens (including phenoxy) is 1. The minimum Gasteiger partial charge on any atom is -0.469 e. The molecule has 26 heavy (non-hydrogen) atoms. The van der Waals surface area contributed by atoms with Crippen LogP contribution in [0.4, 0.5) is 0 Å². The maximum absolute atomic E-state index is 12.4. The molecule has 0 aliphatic rings. The van der Waals surface area contributed by atoms with Crippen LogP contribution in [0.15, 0.2) is 65.6 Å². The fourth-order valence-corrected chi connectivity index (χ4v) is 3.05. The quantitative estimate of drug-likeness (QED) is 0.548. The molecule has 0 aliphatic heterocycles. The lowest BCUT2D eigenvalue weighted by Crippen LogP contribution is -2.36. The second-order valence-electron chi connectivity index (χ2n) is 5.64. The number of nitrogens with one attached hydrogen (secondary N) is 2. The Balaban J connectivity index is 2.14. The first kappa shape index (κ1) is 19.7. The second-order valence-corrected chi connectivity index (χ2v) is 7.32. The van der Waals surface area contributed by atoms with Crippen molar-refractivity contribution in [3.63, 3.8) is 0 Å². The zero-order valence-corrected chi connectivity index (χ0v) is 15.5. The molecule has 0 aliphatic carbocycles. The first-order chi connectivity index (χ1) is 12.4. The Labute approximate surface area is 153 Å². The van der Waals surface area contributed by atoms with Crippen molar-refractivity contribution in [3.05, 3.63) is 71.8 Å². The van der Waals surface area contributed by atoms with E-state index in [2.05, 4.69) is 15.0 Å². The summed E-state index contributed by atoms with van der Waals surface area (Å²) < 4.78 is 29.5. The van der Waals surface area contributed by atoms with Gasteiger partial charge in [-0.2, -0.15) is 0 Å². The monoisotopic (exact) mass is 374 g/mol. The van der Waals surface area contributed by atoms with Gasteiger partial charge < -0.3 is 10.2 Å². The van der Waals surface area contributed by atoms with Crippen LogP contribution >= 0.6 is 0 Å². The number of rotatable bonds is 8. The lowest BCUT2D eigenvalue weighted by atomic mass is 10.1. The van der Waals surface area contributed by atoms with E-state index < -0.39 is 10.0 Å². The zero-order valence-electron chi connectivity index (χ0n) is 14.7. The van der Waals surface area contributed by atoms with Gasteiger partial charge >= 0.3 is 5.97 Å². The summed E-state index contributed by atoms with van der Waals surface area (Å²) in [7, 11) is -2.39. The number of methoxy groups -OCH3 is 1. The molecule has 0 spiro atoms. The number of sulfonamides is 1. The summed E-state index contributed by atoms with van der Waals surface area (Å²) in [6.07, 6.45) is 2.37. The van der Waals surface area contributed by atoms with Crippen molar-refractivity contribution < 1.29 is 17.9 Å². The van der Waals surface area contributed by atoms with E-state index in [-0.39, 0.29) is 17.3 Å². The zero-order chi connectivity index (χ0) is 19.0. The predicted octanol–water partition coefficient (Wildman–Crippen LogP) is 2.77. The van der Waals surface area contributed by atoms with Crippen LogP contribution in [0.25, 0.3) is 5.70 Å². The molecule has 0 radical (unpaired) electrons. The van der Waals surface area contributed by atoms with Crippen LogP contribution < -0.4 is 10.3 Å². The maximum atomic E-state index is 12.4. The van der Waals surface area contributed by atoms with Gasteiger partial charge in [0.1, 0.15) is 0 Å². The van der Waals surface area contributed by atoms with Gasteiger partial charge in [-0.05, 0) is 31.0 Å². The molecule has 138 valence electrons. The molecule has 0 saturated carbocycles. The van der Waals surface area contributed by atoms with Gasteiger partial charge in [0.05, 0.1) is 17.7 Å². The summed E-state index contributed by atoms with van der Waals surface area (Å²) in [6.45, 7) is 1.89. The van der Waals surface area contributed by atoms with Crippen LogP contribution in [0.1, 0.15) is 24.0 Å². The van der Waals surface area contributed by atoms with Crippen LogP contribution in [0.5, 0.6) is 0 Å². The molecule has 6 nitrogen and oxygen atoms in total. The lowest BCUT2D eigenvalue weighted by Gasteiger charge is -2.13. The number of hydrogen-bond acceptors (Lipinski definition) is 5. The molecule has 0 unspecified atom stereocenters. The molecule has 0 saturated heterocycles. The Morgan fingerprint density at radius 2 is 1.73 bits per heavy atom. The number of benzene rings is 2. The van der Waals surface area contributed by atoms with Crippen molar-refractivity contribution >= 4 is 21.7 Å². The van der Waals surface area contributed by atoms with E-state index in [0.717, 1.165) is 11.1 Å². The highest BCUT2D eigenvalue weighted by molar-refractivity contribution is 7.89. The average molecular weight is 374 g/mol. The molecule has 0 heterocycles. The van der Waals surface area contributed by atoms with Gasteiger partial charge in [0, 0.05) is 6.42 Å². The van der Waals surface area contributed by atoms with Crippen LogP contribution in [0.3, 0.4) is 0 Å². The van der Waals surface area contributed by atoms with E-state index in [1.165, 1.54) is 7.11 Å². The highest BCUT2D eigenvalue weighted by Gasteiger charge is 2.14. The van der Waals surface area contributed by atoms with Gasteiger partial charge in [-0.1, -0.05) is 54.1 Å². The molecular formula is C19H22N2O4S. The Morgan fingerprint density at radius 3 is 2.35 bits per heavy atom. The third-order valence-corrected chi connectivity index (χ3v) is 4.92. The third-order valence-electron chi connectivity index (χ3n) is 3.66. The number of esters is 1. The van der Waals surface area contributed by atoms with E-state index >= 15 is 0 Å². The minimum atomic E-state index is -3.72. The number of allylic oxidation sites excluding steroid dienone is 1. The molecule has 2 aromatic rings. The van der Waals surface area contributed by atoms with Crippen molar-refractivity contribution in [2.45, 2.75) is 24.7 Å². The molecule has 7 heteroatoms. The summed E-state index contributed by atoms with van der Waals surface area (Å²) in [5.74, 6) is -0.325. The molecule has 0 amide bonds. The molecular weight excluding hydrogens is 352 g/mol. The summed E-state index contributed by atoms with van der Waals surface area (Å²) in [4.78, 5) is 13.8. The van der Waals surface area contributed by atoms with Gasteiger partial charge in [0.15, 0.2) is 0 Å². The van der Waals surface area contributed by atoms with Crippen LogP contribution in [0, 0.1) is 6.92 Å². The van der Waals surface area contributed by atoms with Gasteiger partial charge in [-0.3, -0.25) is 4.79 Å². The summed E-state index contributed by atoms with van der Waals surface area (Å²) >= 11 is 0. The third kappa shape index (κ3) is 5.72. The normalized spacial score (nSPS) is 11.8. The van der Waals surface area contributed by atoms with Gasteiger partial charge in [0.2, 0.25) is 0 Å².